The van der Waals surface area contributed by atoms with Crippen molar-refractivity contribution in [1.29, 1.82) is 0 Å². The first-order valence-corrected chi connectivity index (χ1v) is 8.08. The minimum atomic E-state index is -0.174. The van der Waals surface area contributed by atoms with Crippen LogP contribution in [0.25, 0.3) is 0 Å². The van der Waals surface area contributed by atoms with Crippen LogP contribution in [0.1, 0.15) is 44.6 Å². The van der Waals surface area contributed by atoms with E-state index < -0.39 is 0 Å². The maximum atomic E-state index is 13.2. The van der Waals surface area contributed by atoms with Gasteiger partial charge in [0.05, 0.1) is 0 Å². The molecule has 0 amide bonds. The highest BCUT2D eigenvalue weighted by molar-refractivity contribution is 9.10. The molecule has 1 saturated carbocycles. The van der Waals surface area contributed by atoms with Gasteiger partial charge in [0.15, 0.2) is 0 Å². The minimum absolute atomic E-state index is 0.174. The summed E-state index contributed by atoms with van der Waals surface area (Å²) >= 11 is 3.32. The zero-order valence-electron chi connectivity index (χ0n) is 11.6. The van der Waals surface area contributed by atoms with Gasteiger partial charge in [0.1, 0.15) is 5.82 Å². The lowest BCUT2D eigenvalue weighted by Gasteiger charge is -2.26. The van der Waals surface area contributed by atoms with Crippen LogP contribution in [0.2, 0.25) is 0 Å². The summed E-state index contributed by atoms with van der Waals surface area (Å²) in [6, 6.07) is 5.06. The van der Waals surface area contributed by atoms with E-state index >= 15 is 0 Å². The average molecular weight is 328 g/mol. The topological polar surface area (TPSA) is 12.0 Å². The fourth-order valence-corrected chi connectivity index (χ4v) is 3.59. The molecule has 19 heavy (non-hydrogen) atoms. The van der Waals surface area contributed by atoms with Gasteiger partial charge >= 0.3 is 0 Å². The molecule has 0 radical (unpaired) electrons. The summed E-state index contributed by atoms with van der Waals surface area (Å²) in [6.45, 7) is 4.15. The van der Waals surface area contributed by atoms with Crippen LogP contribution in [0.15, 0.2) is 22.7 Å². The first-order valence-electron chi connectivity index (χ1n) is 7.29. The second kappa shape index (κ2) is 7.39. The molecule has 0 spiro atoms. The highest BCUT2D eigenvalue weighted by Crippen LogP contribution is 2.30. The van der Waals surface area contributed by atoms with E-state index in [-0.39, 0.29) is 5.82 Å². The van der Waals surface area contributed by atoms with E-state index in [0.717, 1.165) is 35.0 Å². The summed E-state index contributed by atoms with van der Waals surface area (Å²) in [5.41, 5.74) is 1.00. The number of benzene rings is 1. The number of hydrogen-bond donors (Lipinski definition) is 1. The van der Waals surface area contributed by atoms with Gasteiger partial charge in [-0.2, -0.15) is 0 Å². The monoisotopic (exact) mass is 327 g/mol. The van der Waals surface area contributed by atoms with Crippen LogP contribution < -0.4 is 5.32 Å². The highest BCUT2D eigenvalue weighted by atomic mass is 79.9. The average Bonchev–Trinajstić information content (AvgIpc) is 2.34. The number of rotatable bonds is 5. The number of nitrogens with one attached hydrogen (secondary N) is 1. The molecule has 1 fully saturated rings. The Morgan fingerprint density at radius 1 is 1.32 bits per heavy atom. The van der Waals surface area contributed by atoms with Crippen molar-refractivity contribution in [2.45, 2.75) is 45.6 Å². The van der Waals surface area contributed by atoms with Crippen LogP contribution >= 0.6 is 15.9 Å². The second-order valence-corrected chi connectivity index (χ2v) is 6.80. The molecule has 2 rings (SSSR count). The Morgan fingerprint density at radius 2 is 2.16 bits per heavy atom. The predicted molar refractivity (Wildman–Crippen MR) is 81.5 cm³/mol. The van der Waals surface area contributed by atoms with Crippen LogP contribution in [-0.4, -0.2) is 6.54 Å². The van der Waals surface area contributed by atoms with E-state index in [9.17, 15) is 4.39 Å². The Labute approximate surface area is 124 Å². The third kappa shape index (κ3) is 5.23. The van der Waals surface area contributed by atoms with Crippen molar-refractivity contribution in [3.05, 3.63) is 34.1 Å². The van der Waals surface area contributed by atoms with E-state index in [0.29, 0.717) is 0 Å². The maximum absolute atomic E-state index is 13.2. The molecule has 106 valence electrons. The Bertz CT molecular complexity index is 387. The van der Waals surface area contributed by atoms with Crippen LogP contribution in [0.4, 0.5) is 4.39 Å². The van der Waals surface area contributed by atoms with Crippen molar-refractivity contribution in [2.24, 2.45) is 11.8 Å². The highest BCUT2D eigenvalue weighted by Gasteiger charge is 2.17. The zero-order valence-corrected chi connectivity index (χ0v) is 13.2. The van der Waals surface area contributed by atoms with Gasteiger partial charge in [-0.3, -0.25) is 0 Å². The summed E-state index contributed by atoms with van der Waals surface area (Å²) in [5.74, 6) is 1.61. The van der Waals surface area contributed by atoms with E-state index in [1.165, 1.54) is 38.2 Å². The molecule has 0 aromatic heterocycles. The van der Waals surface area contributed by atoms with Crippen molar-refractivity contribution >= 4 is 15.9 Å². The van der Waals surface area contributed by atoms with Crippen LogP contribution in [0.3, 0.4) is 0 Å². The van der Waals surface area contributed by atoms with Crippen molar-refractivity contribution in [1.82, 2.24) is 5.32 Å². The third-order valence-corrected chi connectivity index (χ3v) is 4.48. The minimum Gasteiger partial charge on any atom is -0.313 e. The summed E-state index contributed by atoms with van der Waals surface area (Å²) in [4.78, 5) is 0. The lowest BCUT2D eigenvalue weighted by Crippen LogP contribution is -2.21. The maximum Gasteiger partial charge on any atom is 0.124 e. The molecular weight excluding hydrogens is 305 g/mol. The summed E-state index contributed by atoms with van der Waals surface area (Å²) in [6.07, 6.45) is 6.81. The predicted octanol–water partition coefficient (Wildman–Crippen LogP) is 4.89. The SMILES string of the molecule is CC1CCCC(CCNCc2cc(F)cc(Br)c2)C1. The fourth-order valence-electron chi connectivity index (χ4n) is 3.07. The molecular formula is C16H23BrFN. The van der Waals surface area contributed by atoms with E-state index in [1.54, 1.807) is 6.07 Å². The van der Waals surface area contributed by atoms with Gasteiger partial charge < -0.3 is 5.32 Å². The first kappa shape index (κ1) is 15.0. The van der Waals surface area contributed by atoms with Gasteiger partial charge in [0.2, 0.25) is 0 Å². The number of halogens is 2. The molecule has 2 atom stereocenters. The van der Waals surface area contributed by atoms with E-state index in [4.69, 9.17) is 0 Å². The van der Waals surface area contributed by atoms with Crippen LogP contribution in [-0.2, 0) is 6.54 Å². The third-order valence-electron chi connectivity index (χ3n) is 4.03. The second-order valence-electron chi connectivity index (χ2n) is 5.88. The Morgan fingerprint density at radius 3 is 2.89 bits per heavy atom. The Balaban J connectivity index is 1.68. The lowest BCUT2D eigenvalue weighted by molar-refractivity contribution is 0.267. The Hall–Kier alpha value is -0.410. The molecule has 1 N–H and O–H groups in total. The fraction of sp³-hybridized carbons (Fsp3) is 0.625. The molecule has 0 saturated heterocycles. The molecule has 1 aromatic rings. The van der Waals surface area contributed by atoms with Crippen molar-refractivity contribution in [3.63, 3.8) is 0 Å². The standard InChI is InChI=1S/C16H23BrFN/c1-12-3-2-4-13(7-12)5-6-19-11-14-8-15(17)10-16(18)9-14/h8-10,12-13,19H,2-7,11H2,1H3. The van der Waals surface area contributed by atoms with E-state index in [1.807, 2.05) is 6.07 Å². The molecule has 0 bridgehead atoms. The zero-order chi connectivity index (χ0) is 13.7. The molecule has 1 aliphatic rings. The smallest absolute Gasteiger partial charge is 0.124 e. The van der Waals surface area contributed by atoms with Crippen LogP contribution in [0.5, 0.6) is 0 Å². The molecule has 0 aliphatic heterocycles. The van der Waals surface area contributed by atoms with Gasteiger partial charge in [-0.1, -0.05) is 42.1 Å². The Kier molecular flexibility index (Phi) is 5.83. The summed E-state index contributed by atoms with van der Waals surface area (Å²) < 4.78 is 14.0. The first-order chi connectivity index (χ1) is 9.13. The molecule has 0 heterocycles. The molecule has 3 heteroatoms. The van der Waals surface area contributed by atoms with Gasteiger partial charge in [-0.25, -0.2) is 4.39 Å². The van der Waals surface area contributed by atoms with Crippen molar-refractivity contribution in [3.8, 4) is 0 Å². The molecule has 2 unspecified atom stereocenters. The van der Waals surface area contributed by atoms with Gasteiger partial charge in [-0.15, -0.1) is 0 Å². The lowest BCUT2D eigenvalue weighted by atomic mass is 9.81. The summed E-state index contributed by atoms with van der Waals surface area (Å²) in [5, 5.41) is 3.43. The number of hydrogen-bond acceptors (Lipinski definition) is 1. The van der Waals surface area contributed by atoms with Gasteiger partial charge in [0, 0.05) is 11.0 Å². The van der Waals surface area contributed by atoms with Crippen molar-refractivity contribution in [2.75, 3.05) is 6.54 Å². The van der Waals surface area contributed by atoms with E-state index in [2.05, 4.69) is 28.2 Å². The summed E-state index contributed by atoms with van der Waals surface area (Å²) in [7, 11) is 0. The quantitative estimate of drug-likeness (QED) is 0.759. The van der Waals surface area contributed by atoms with Gasteiger partial charge in [-0.05, 0) is 55.0 Å². The normalized spacial score (nSPS) is 23.5. The molecule has 1 aromatic carbocycles. The van der Waals surface area contributed by atoms with Gasteiger partial charge in [0.25, 0.3) is 0 Å². The largest absolute Gasteiger partial charge is 0.313 e. The van der Waals surface area contributed by atoms with Crippen LogP contribution in [0, 0.1) is 17.7 Å². The molecule has 1 nitrogen and oxygen atoms in total. The molecule has 1 aliphatic carbocycles. The van der Waals surface area contributed by atoms with Crippen molar-refractivity contribution < 1.29 is 4.39 Å².